The molecule has 0 saturated heterocycles. The van der Waals surface area contributed by atoms with E-state index in [1.807, 2.05) is 12.1 Å². The Morgan fingerprint density at radius 1 is 0.655 bits per heavy atom. The van der Waals surface area contributed by atoms with Crippen molar-refractivity contribution >= 4 is 10.8 Å². The van der Waals surface area contributed by atoms with E-state index in [9.17, 15) is 10.2 Å². The quantitative estimate of drug-likeness (QED) is 0.349. The summed E-state index contributed by atoms with van der Waals surface area (Å²) in [4.78, 5) is 0. The molecule has 0 unspecified atom stereocenters. The van der Waals surface area contributed by atoms with E-state index in [1.54, 1.807) is 24.3 Å². The number of allylic oxidation sites excluding steroid dienone is 1. The first-order valence-electron chi connectivity index (χ1n) is 9.17. The topological polar surface area (TPSA) is 46.1 Å². The van der Waals surface area contributed by atoms with E-state index in [2.05, 4.69) is 49.4 Å². The third-order valence-electron chi connectivity index (χ3n) is 4.30. The Morgan fingerprint density at radius 2 is 1.17 bits per heavy atom. The normalized spacial score (nSPS) is 11.0. The standard InChI is InChI=1S/C14H11.2C6H6O.Zr/c1-10-8-12-7-6-11-4-2-3-5-13(11)14(12)9-10;2*7-6-4-2-1-3-5-6;/h2-7H,8H2,1H3;2*1-5,7H;/q-1;;;+3/p-2. The molecule has 0 bridgehead atoms. The molecular weight excluding hydrogens is 436 g/mol. The molecule has 141 valence electrons. The van der Waals surface area contributed by atoms with Crippen LogP contribution in [0.15, 0.2) is 103 Å². The molecule has 0 amide bonds. The monoisotopic (exact) mass is 455 g/mol. The van der Waals surface area contributed by atoms with Gasteiger partial charge in [-0.3, -0.25) is 0 Å². The van der Waals surface area contributed by atoms with E-state index in [1.165, 1.54) is 51.7 Å². The van der Waals surface area contributed by atoms with Crippen LogP contribution in [0.1, 0.15) is 18.1 Å². The predicted octanol–water partition coefficient (Wildman–Crippen LogP) is 5.01. The Balaban J connectivity index is 0.000000170. The molecule has 0 fully saturated rings. The van der Waals surface area contributed by atoms with E-state index in [0.29, 0.717) is 0 Å². The fraction of sp³-hybridized carbons (Fsp3) is 0.0769. The largest absolute Gasteiger partial charge is 3.00 e. The molecule has 5 rings (SSSR count). The van der Waals surface area contributed by atoms with Crippen LogP contribution in [0.25, 0.3) is 10.8 Å². The summed E-state index contributed by atoms with van der Waals surface area (Å²) in [5.41, 5.74) is 4.07. The molecule has 29 heavy (non-hydrogen) atoms. The first kappa shape index (κ1) is 22.7. The van der Waals surface area contributed by atoms with Crippen molar-refractivity contribution in [3.63, 3.8) is 0 Å². The second-order valence-corrected chi connectivity index (χ2v) is 6.53. The van der Waals surface area contributed by atoms with Gasteiger partial charge in [0, 0.05) is 0 Å². The molecule has 0 spiro atoms. The fourth-order valence-electron chi connectivity index (χ4n) is 3.00. The van der Waals surface area contributed by atoms with E-state index < -0.39 is 0 Å². The molecule has 0 heterocycles. The van der Waals surface area contributed by atoms with Gasteiger partial charge in [-0.15, -0.1) is 40.2 Å². The van der Waals surface area contributed by atoms with E-state index >= 15 is 0 Å². The van der Waals surface area contributed by atoms with E-state index in [4.69, 9.17) is 0 Å². The number of fused-ring (bicyclic) bond motifs is 3. The molecule has 1 aliphatic carbocycles. The summed E-state index contributed by atoms with van der Waals surface area (Å²) in [5.74, 6) is 0.144. The molecule has 4 aromatic carbocycles. The third-order valence-corrected chi connectivity index (χ3v) is 4.30. The molecule has 0 N–H and O–H groups in total. The molecule has 1 aliphatic rings. The van der Waals surface area contributed by atoms with Gasteiger partial charge in [0.05, 0.1) is 0 Å². The smallest absolute Gasteiger partial charge is 0.872 e. The molecule has 0 saturated carbocycles. The van der Waals surface area contributed by atoms with E-state index in [0.717, 1.165) is 6.42 Å². The van der Waals surface area contributed by atoms with Crippen molar-refractivity contribution in [3.05, 3.63) is 120 Å². The van der Waals surface area contributed by atoms with Crippen LogP contribution in [0.4, 0.5) is 0 Å². The van der Waals surface area contributed by atoms with Crippen molar-refractivity contribution in [1.82, 2.24) is 0 Å². The Morgan fingerprint density at radius 3 is 1.69 bits per heavy atom. The van der Waals surface area contributed by atoms with Gasteiger partial charge in [0.15, 0.2) is 0 Å². The van der Waals surface area contributed by atoms with Gasteiger partial charge in [0.2, 0.25) is 0 Å². The fourth-order valence-corrected chi connectivity index (χ4v) is 3.00. The van der Waals surface area contributed by atoms with Crippen LogP contribution < -0.4 is 10.2 Å². The number of hydrogen-bond donors (Lipinski definition) is 0. The second-order valence-electron chi connectivity index (χ2n) is 6.53. The van der Waals surface area contributed by atoms with Crippen LogP contribution >= 0.6 is 0 Å². The second kappa shape index (κ2) is 11.4. The van der Waals surface area contributed by atoms with Crippen LogP contribution in [0.5, 0.6) is 11.5 Å². The van der Waals surface area contributed by atoms with Gasteiger partial charge < -0.3 is 10.2 Å². The van der Waals surface area contributed by atoms with Crippen LogP contribution in [-0.4, -0.2) is 0 Å². The Hall–Kier alpha value is -2.64. The van der Waals surface area contributed by atoms with Crippen molar-refractivity contribution in [2.45, 2.75) is 13.3 Å². The maximum Gasteiger partial charge on any atom is 3.00 e. The summed E-state index contributed by atoms with van der Waals surface area (Å²) in [6.07, 6.45) is 4.53. The zero-order chi connectivity index (χ0) is 19.8. The van der Waals surface area contributed by atoms with Gasteiger partial charge in [0.25, 0.3) is 0 Å². The predicted molar refractivity (Wildman–Crippen MR) is 111 cm³/mol. The summed E-state index contributed by atoms with van der Waals surface area (Å²) >= 11 is 0. The first-order chi connectivity index (χ1) is 13.6. The van der Waals surface area contributed by atoms with Gasteiger partial charge in [-0.25, -0.2) is 0 Å². The Kier molecular flexibility index (Phi) is 8.89. The van der Waals surface area contributed by atoms with Crippen molar-refractivity contribution in [1.29, 1.82) is 0 Å². The molecule has 4 aromatic rings. The van der Waals surface area contributed by atoms with Gasteiger partial charge >= 0.3 is 26.2 Å². The molecule has 2 nitrogen and oxygen atoms in total. The minimum Gasteiger partial charge on any atom is -0.872 e. The van der Waals surface area contributed by atoms with Gasteiger partial charge in [-0.1, -0.05) is 104 Å². The van der Waals surface area contributed by atoms with Crippen molar-refractivity contribution in [2.75, 3.05) is 0 Å². The first-order valence-corrected chi connectivity index (χ1v) is 9.17. The number of rotatable bonds is 0. The summed E-state index contributed by atoms with van der Waals surface area (Å²) in [5, 5.41) is 23.2. The molecule has 0 aliphatic heterocycles. The average molecular weight is 457 g/mol. The van der Waals surface area contributed by atoms with Crippen LogP contribution in [-0.2, 0) is 32.6 Å². The van der Waals surface area contributed by atoms with Gasteiger partial charge in [0.1, 0.15) is 0 Å². The molecule has 3 heteroatoms. The van der Waals surface area contributed by atoms with Crippen molar-refractivity contribution < 1.29 is 36.4 Å². The minimum absolute atomic E-state index is 0. The van der Waals surface area contributed by atoms with Crippen LogP contribution in [0, 0.1) is 6.08 Å². The Labute approximate surface area is 191 Å². The minimum atomic E-state index is 0. The van der Waals surface area contributed by atoms with Crippen molar-refractivity contribution in [2.24, 2.45) is 0 Å². The number of para-hydroxylation sites is 2. The Bertz CT molecular complexity index is 1020. The van der Waals surface area contributed by atoms with Crippen molar-refractivity contribution in [3.8, 4) is 11.5 Å². The third kappa shape index (κ3) is 6.73. The van der Waals surface area contributed by atoms with Crippen LogP contribution in [0.3, 0.4) is 0 Å². The zero-order valence-electron chi connectivity index (χ0n) is 16.3. The molecule has 1 radical (unpaired) electrons. The average Bonchev–Trinajstić information content (AvgIpc) is 3.11. The molecule has 0 atom stereocenters. The molecular formula is C26H21O2Zr. The summed E-state index contributed by atoms with van der Waals surface area (Å²) in [6, 6.07) is 29.6. The maximum atomic E-state index is 10.3. The summed E-state index contributed by atoms with van der Waals surface area (Å²) in [7, 11) is 0. The van der Waals surface area contributed by atoms with Gasteiger partial charge in [-0.05, 0) is 0 Å². The zero-order valence-corrected chi connectivity index (χ0v) is 18.7. The summed E-state index contributed by atoms with van der Waals surface area (Å²) < 4.78 is 0. The molecule has 0 aromatic heterocycles. The van der Waals surface area contributed by atoms with Gasteiger partial charge in [-0.2, -0.15) is 11.6 Å². The number of hydrogen-bond acceptors (Lipinski definition) is 2. The van der Waals surface area contributed by atoms with Crippen LogP contribution in [0.2, 0.25) is 0 Å². The number of benzene rings is 4. The maximum absolute atomic E-state index is 10.3. The van der Waals surface area contributed by atoms with E-state index in [-0.39, 0.29) is 37.7 Å². The summed E-state index contributed by atoms with van der Waals surface area (Å²) in [6.45, 7) is 2.15. The SMILES string of the molecule is CC1=[C-]c2c(ccc3ccccc23)C1.[O-]c1ccccc1.[O-]c1ccccc1.[Zr+3].